The van der Waals surface area contributed by atoms with E-state index in [1.54, 1.807) is 11.6 Å². The minimum absolute atomic E-state index is 0.0162. The first kappa shape index (κ1) is 23.7. The van der Waals surface area contributed by atoms with Crippen molar-refractivity contribution in [2.75, 3.05) is 25.6 Å². The Morgan fingerprint density at radius 2 is 2.07 bits per heavy atom. The molecule has 0 spiro atoms. The van der Waals surface area contributed by atoms with Crippen LogP contribution in [0.5, 0.6) is 0 Å². The predicted molar refractivity (Wildman–Crippen MR) is 111 cm³/mol. The lowest BCUT2D eigenvalue weighted by Gasteiger charge is -2.29. The fourth-order valence-electron chi connectivity index (χ4n) is 2.70. The average molecular weight is 429 g/mol. The lowest BCUT2D eigenvalue weighted by atomic mass is 10.1. The first-order valence-corrected chi connectivity index (χ1v) is 11.1. The molecule has 2 rings (SSSR count). The van der Waals surface area contributed by atoms with Gasteiger partial charge in [-0.25, -0.2) is 15.0 Å². The second-order valence-corrected chi connectivity index (χ2v) is 9.38. The third kappa shape index (κ3) is 5.96. The van der Waals surface area contributed by atoms with Gasteiger partial charge in [0.15, 0.2) is 25.7 Å². The van der Waals surface area contributed by atoms with E-state index in [-0.39, 0.29) is 12.3 Å². The van der Waals surface area contributed by atoms with Crippen LogP contribution in [0, 0.1) is 0 Å². The summed E-state index contributed by atoms with van der Waals surface area (Å²) in [6, 6.07) is 0. The van der Waals surface area contributed by atoms with Crippen molar-refractivity contribution in [2.45, 2.75) is 64.1 Å². The first-order valence-electron chi connectivity index (χ1n) is 9.72. The number of imidazole rings is 1. The molecule has 0 radical (unpaired) electrons. The van der Waals surface area contributed by atoms with Gasteiger partial charge in [-0.05, 0) is 26.7 Å². The molecule has 164 valence electrons. The summed E-state index contributed by atoms with van der Waals surface area (Å²) in [6.07, 6.45) is 2.05. The average Bonchev–Trinajstić information content (AvgIpc) is 3.13. The molecule has 2 heterocycles. The summed E-state index contributed by atoms with van der Waals surface area (Å²) in [6.45, 7) is 7.33. The number of nitrogens with zero attached hydrogens (tertiary/aromatic N) is 4. The van der Waals surface area contributed by atoms with Crippen molar-refractivity contribution in [3.8, 4) is 0 Å². The van der Waals surface area contributed by atoms with Crippen molar-refractivity contribution in [1.82, 2.24) is 19.5 Å². The molecule has 29 heavy (non-hydrogen) atoms. The number of fused-ring (bicyclic) bond motifs is 1. The van der Waals surface area contributed by atoms with Gasteiger partial charge in [0.1, 0.15) is 17.9 Å². The fraction of sp³-hybridized carbons (Fsp3) is 0.722. The van der Waals surface area contributed by atoms with Crippen molar-refractivity contribution in [1.29, 1.82) is 0 Å². The predicted octanol–water partition coefficient (Wildman–Crippen LogP) is 2.19. The molecule has 10 nitrogen and oxygen atoms in total. The third-order valence-corrected chi connectivity index (χ3v) is 6.74. The van der Waals surface area contributed by atoms with Crippen LogP contribution in [-0.2, 0) is 13.8 Å². The number of nitrogens with one attached hydrogen (secondary N) is 1. The fourth-order valence-corrected chi connectivity index (χ4v) is 3.89. The maximum atomic E-state index is 12.3. The van der Waals surface area contributed by atoms with Crippen LogP contribution in [0.3, 0.4) is 0 Å². The van der Waals surface area contributed by atoms with E-state index in [2.05, 4.69) is 20.3 Å². The molecule has 4 atom stereocenters. The number of hydrogen-bond acceptors (Lipinski definition) is 9. The van der Waals surface area contributed by atoms with E-state index >= 15 is 0 Å². The van der Waals surface area contributed by atoms with Crippen molar-refractivity contribution < 1.29 is 24.0 Å². The van der Waals surface area contributed by atoms with Crippen LogP contribution in [-0.4, -0.2) is 67.4 Å². The molecule has 2 aromatic rings. The van der Waals surface area contributed by atoms with Crippen molar-refractivity contribution in [3.05, 3.63) is 12.7 Å². The minimum atomic E-state index is -2.16. The number of hydrogen-bond donors (Lipinski definition) is 3. The molecule has 0 aliphatic carbocycles. The van der Waals surface area contributed by atoms with Gasteiger partial charge in [0.25, 0.3) is 0 Å². The number of ether oxygens (including phenoxy) is 1. The van der Waals surface area contributed by atoms with E-state index in [1.165, 1.54) is 12.7 Å². The lowest BCUT2D eigenvalue weighted by Crippen LogP contribution is -2.32. The zero-order valence-electron chi connectivity index (χ0n) is 17.6. The maximum Gasteiger partial charge on any atom is 0.194 e. The standard InChI is InChI=1S/C18H32N5O5P/c1-6-12(2)29(26)28-18(3,4)7-8-27-17(13(25)9-24)23-11-22-14-15(19-5)20-10-21-16(14)23/h10-13,17,24-25,29H,6-9H2,1-5H3,(H,19,20,21)/t12?,13-,17?/m1/s1. The minimum Gasteiger partial charge on any atom is -0.394 e. The van der Waals surface area contributed by atoms with Gasteiger partial charge in [0.2, 0.25) is 0 Å². The maximum absolute atomic E-state index is 12.3. The second kappa shape index (κ2) is 10.4. The summed E-state index contributed by atoms with van der Waals surface area (Å²) in [7, 11) is -0.432. The summed E-state index contributed by atoms with van der Waals surface area (Å²) in [4.78, 5) is 12.6. The second-order valence-electron chi connectivity index (χ2n) is 7.55. The molecule has 0 amide bonds. The molecule has 0 saturated heterocycles. The Bertz CT molecular complexity index is 815. The van der Waals surface area contributed by atoms with E-state index in [0.29, 0.717) is 23.4 Å². The molecule has 0 fully saturated rings. The van der Waals surface area contributed by atoms with E-state index in [4.69, 9.17) is 9.26 Å². The highest BCUT2D eigenvalue weighted by Gasteiger charge is 2.28. The normalized spacial score (nSPS) is 16.5. The molecule has 3 N–H and O–H groups in total. The Hall–Kier alpha value is -1.58. The Kier molecular flexibility index (Phi) is 8.54. The van der Waals surface area contributed by atoms with E-state index in [0.717, 1.165) is 6.42 Å². The van der Waals surface area contributed by atoms with Crippen LogP contribution in [0.25, 0.3) is 11.2 Å². The van der Waals surface area contributed by atoms with Gasteiger partial charge in [-0.15, -0.1) is 0 Å². The van der Waals surface area contributed by atoms with Crippen LogP contribution >= 0.6 is 8.03 Å². The van der Waals surface area contributed by atoms with Crippen molar-refractivity contribution in [2.24, 2.45) is 0 Å². The van der Waals surface area contributed by atoms with Gasteiger partial charge in [-0.2, -0.15) is 0 Å². The Balaban J connectivity index is 2.12. The third-order valence-electron chi connectivity index (χ3n) is 4.77. The van der Waals surface area contributed by atoms with Gasteiger partial charge in [0.05, 0.1) is 25.1 Å². The van der Waals surface area contributed by atoms with Gasteiger partial charge >= 0.3 is 0 Å². The molecule has 0 bridgehead atoms. The van der Waals surface area contributed by atoms with Gasteiger partial charge in [0, 0.05) is 12.7 Å². The number of aliphatic hydroxyl groups is 2. The highest BCUT2D eigenvalue weighted by Crippen LogP contribution is 2.38. The molecular formula is C18H32N5O5P. The zero-order chi connectivity index (χ0) is 21.6. The van der Waals surface area contributed by atoms with Gasteiger partial charge in [-0.1, -0.05) is 13.8 Å². The summed E-state index contributed by atoms with van der Waals surface area (Å²) in [5, 5.41) is 22.7. The molecule has 2 aromatic heterocycles. The molecule has 0 aromatic carbocycles. The van der Waals surface area contributed by atoms with Crippen LogP contribution < -0.4 is 5.32 Å². The highest BCUT2D eigenvalue weighted by atomic mass is 31.1. The SMILES string of the molecule is CCC(C)[PH](=O)OC(C)(C)CCOC([C@H](O)CO)n1cnc2c(NC)ncnc21. The monoisotopic (exact) mass is 429 g/mol. The van der Waals surface area contributed by atoms with Crippen LogP contribution in [0.4, 0.5) is 5.82 Å². The number of anilines is 1. The number of rotatable bonds is 12. The summed E-state index contributed by atoms with van der Waals surface area (Å²) in [5.41, 5.74) is 0.374. The largest absolute Gasteiger partial charge is 0.394 e. The van der Waals surface area contributed by atoms with Crippen LogP contribution in [0.2, 0.25) is 0 Å². The Labute approximate surface area is 171 Å². The number of aromatic nitrogens is 4. The molecule has 0 aliphatic rings. The molecular weight excluding hydrogens is 397 g/mol. The van der Waals surface area contributed by atoms with E-state index in [1.807, 2.05) is 27.7 Å². The Morgan fingerprint density at radius 3 is 2.69 bits per heavy atom. The summed E-state index contributed by atoms with van der Waals surface area (Å²) >= 11 is 0. The highest BCUT2D eigenvalue weighted by molar-refractivity contribution is 7.40. The molecule has 0 saturated carbocycles. The number of aliphatic hydroxyl groups excluding tert-OH is 2. The summed E-state index contributed by atoms with van der Waals surface area (Å²) < 4.78 is 25.5. The zero-order valence-corrected chi connectivity index (χ0v) is 18.6. The Morgan fingerprint density at radius 1 is 1.34 bits per heavy atom. The lowest BCUT2D eigenvalue weighted by molar-refractivity contribution is -0.104. The quantitative estimate of drug-likeness (QED) is 0.434. The first-order chi connectivity index (χ1) is 13.7. The topological polar surface area (TPSA) is 132 Å². The van der Waals surface area contributed by atoms with E-state index in [9.17, 15) is 14.8 Å². The molecule has 11 heteroatoms. The summed E-state index contributed by atoms with van der Waals surface area (Å²) in [5.74, 6) is 0.552. The molecule has 0 aliphatic heterocycles. The van der Waals surface area contributed by atoms with Crippen molar-refractivity contribution >= 4 is 25.0 Å². The van der Waals surface area contributed by atoms with Crippen molar-refractivity contribution in [3.63, 3.8) is 0 Å². The van der Waals surface area contributed by atoms with E-state index < -0.39 is 32.6 Å². The van der Waals surface area contributed by atoms with Crippen LogP contribution in [0.15, 0.2) is 12.7 Å². The van der Waals surface area contributed by atoms with Crippen LogP contribution in [0.1, 0.15) is 46.8 Å². The van der Waals surface area contributed by atoms with Gasteiger partial charge < -0.3 is 24.8 Å². The smallest absolute Gasteiger partial charge is 0.194 e. The van der Waals surface area contributed by atoms with Gasteiger partial charge in [-0.3, -0.25) is 9.13 Å². The molecule has 3 unspecified atom stereocenters.